The molecule has 25 heavy (non-hydrogen) atoms. The Kier molecular flexibility index (Phi) is 3.95. The lowest BCUT2D eigenvalue weighted by Gasteiger charge is -2.39. The van der Waals surface area contributed by atoms with Gasteiger partial charge in [0.25, 0.3) is 5.91 Å². The number of piperidine rings is 1. The maximum atomic E-state index is 12.8. The number of benzene rings is 1. The summed E-state index contributed by atoms with van der Waals surface area (Å²) in [5.41, 5.74) is 1.88. The molecule has 1 N–H and O–H groups in total. The number of fused-ring (bicyclic) bond motifs is 1. The molecule has 2 saturated heterocycles. The van der Waals surface area contributed by atoms with Crippen LogP contribution in [0.2, 0.25) is 0 Å². The summed E-state index contributed by atoms with van der Waals surface area (Å²) in [6, 6.07) is 5.31. The molecule has 0 aliphatic carbocycles. The molecular weight excluding hydrogens is 320 g/mol. The average Bonchev–Trinajstić information content (AvgIpc) is 3.19. The normalized spacial score (nSPS) is 25.0. The van der Waals surface area contributed by atoms with Crippen LogP contribution in [0.1, 0.15) is 35.2 Å². The first-order valence-electron chi connectivity index (χ1n) is 8.96. The zero-order chi connectivity index (χ0) is 17.6. The maximum absolute atomic E-state index is 12.8. The number of hydrogen-bond acceptors (Lipinski definition) is 4. The molecule has 0 unspecified atom stereocenters. The summed E-state index contributed by atoms with van der Waals surface area (Å²) in [4.78, 5) is 28.1. The van der Waals surface area contributed by atoms with E-state index in [9.17, 15) is 14.7 Å². The molecule has 0 saturated carbocycles. The number of likely N-dealkylation sites (tertiary alicyclic amines) is 2. The third-order valence-electron chi connectivity index (χ3n) is 6.08. The Hall–Kier alpha value is -2.08. The largest absolute Gasteiger partial charge is 0.493 e. The molecule has 1 spiro atoms. The van der Waals surface area contributed by atoms with Crippen LogP contribution in [0.15, 0.2) is 18.2 Å². The first-order chi connectivity index (χ1) is 12.0. The van der Waals surface area contributed by atoms with Crippen LogP contribution in [0.5, 0.6) is 5.75 Å². The van der Waals surface area contributed by atoms with Gasteiger partial charge in [-0.15, -0.1) is 0 Å². The number of hydrogen-bond donors (Lipinski definition) is 1. The van der Waals surface area contributed by atoms with Crippen LogP contribution >= 0.6 is 0 Å². The van der Waals surface area contributed by atoms with Gasteiger partial charge in [0, 0.05) is 31.6 Å². The van der Waals surface area contributed by atoms with Gasteiger partial charge in [-0.2, -0.15) is 0 Å². The molecule has 6 nitrogen and oxygen atoms in total. The Balaban J connectivity index is 1.42. The lowest BCUT2D eigenvalue weighted by Crippen LogP contribution is -2.44. The van der Waals surface area contributed by atoms with Gasteiger partial charge in [-0.05, 0) is 55.5 Å². The van der Waals surface area contributed by atoms with Crippen molar-refractivity contribution in [3.05, 3.63) is 29.3 Å². The summed E-state index contributed by atoms with van der Waals surface area (Å²) in [5, 5.41) is 9.35. The van der Waals surface area contributed by atoms with Crippen LogP contribution < -0.4 is 4.74 Å². The van der Waals surface area contributed by atoms with Crippen molar-refractivity contribution in [3.63, 3.8) is 0 Å². The van der Waals surface area contributed by atoms with Crippen LogP contribution in [-0.4, -0.2) is 66.1 Å². The topological polar surface area (TPSA) is 70.1 Å². The van der Waals surface area contributed by atoms with Gasteiger partial charge in [0.15, 0.2) is 0 Å². The van der Waals surface area contributed by atoms with Crippen molar-refractivity contribution in [2.75, 3.05) is 33.3 Å². The predicted octanol–water partition coefficient (Wildman–Crippen LogP) is 1.63. The third-order valence-corrected chi connectivity index (χ3v) is 6.08. The highest BCUT2D eigenvalue weighted by atomic mass is 16.5. The highest BCUT2D eigenvalue weighted by Crippen LogP contribution is 2.43. The molecule has 1 aromatic carbocycles. The van der Waals surface area contributed by atoms with E-state index in [-0.39, 0.29) is 17.4 Å². The number of likely N-dealkylation sites (N-methyl/N-ethyl adjacent to an activating group) is 1. The molecule has 3 aliphatic rings. The highest BCUT2D eigenvalue weighted by Gasteiger charge is 2.47. The van der Waals surface area contributed by atoms with Crippen LogP contribution in [0.25, 0.3) is 0 Å². The first-order valence-corrected chi connectivity index (χ1v) is 8.96. The highest BCUT2D eigenvalue weighted by molar-refractivity contribution is 5.94. The van der Waals surface area contributed by atoms with E-state index in [2.05, 4.69) is 0 Å². The van der Waals surface area contributed by atoms with E-state index in [0.29, 0.717) is 26.1 Å². The minimum absolute atomic E-state index is 0.0420. The standard InChI is InChI=1S/C19H24N2O4/c1-20-12-19(11-15(20)18(23)24)5-7-21(8-6-19)17(22)14-2-3-16-13(10-14)4-9-25-16/h2-3,10,15H,4-9,11-12H2,1H3,(H,23,24)/t15-/m0/s1. The predicted molar refractivity (Wildman–Crippen MR) is 91.9 cm³/mol. The van der Waals surface area contributed by atoms with Gasteiger partial charge in [-0.1, -0.05) is 0 Å². The molecule has 6 heteroatoms. The van der Waals surface area contributed by atoms with Crippen LogP contribution in [0, 0.1) is 5.41 Å². The fraction of sp³-hybridized carbons (Fsp3) is 0.579. The number of aliphatic carboxylic acids is 1. The summed E-state index contributed by atoms with van der Waals surface area (Å²) in [7, 11) is 1.89. The molecule has 134 valence electrons. The van der Waals surface area contributed by atoms with Crippen molar-refractivity contribution in [1.82, 2.24) is 9.80 Å². The van der Waals surface area contributed by atoms with Crippen LogP contribution in [-0.2, 0) is 11.2 Å². The van der Waals surface area contributed by atoms with Gasteiger partial charge in [0.2, 0.25) is 0 Å². The monoisotopic (exact) mass is 344 g/mol. The molecule has 3 heterocycles. The molecule has 0 radical (unpaired) electrons. The molecule has 1 amide bonds. The minimum atomic E-state index is -0.738. The van der Waals surface area contributed by atoms with E-state index in [1.54, 1.807) is 0 Å². The summed E-state index contributed by atoms with van der Waals surface area (Å²) < 4.78 is 5.50. The number of carbonyl (C=O) groups is 2. The maximum Gasteiger partial charge on any atom is 0.320 e. The summed E-state index contributed by atoms with van der Waals surface area (Å²) in [6.07, 6.45) is 3.31. The van der Waals surface area contributed by atoms with Gasteiger partial charge in [-0.3, -0.25) is 14.5 Å². The lowest BCUT2D eigenvalue weighted by atomic mass is 9.76. The second-order valence-corrected chi connectivity index (χ2v) is 7.69. The minimum Gasteiger partial charge on any atom is -0.493 e. The Morgan fingerprint density at radius 1 is 1.28 bits per heavy atom. The summed E-state index contributed by atoms with van der Waals surface area (Å²) in [5.74, 6) is 0.228. The molecule has 1 aromatic rings. The van der Waals surface area contributed by atoms with Crippen molar-refractivity contribution in [3.8, 4) is 5.75 Å². The van der Waals surface area contributed by atoms with E-state index in [0.717, 1.165) is 42.7 Å². The smallest absolute Gasteiger partial charge is 0.320 e. The van der Waals surface area contributed by atoms with E-state index in [4.69, 9.17) is 4.74 Å². The molecule has 2 fully saturated rings. The lowest BCUT2D eigenvalue weighted by molar-refractivity contribution is -0.141. The number of carbonyl (C=O) groups excluding carboxylic acids is 1. The Bertz CT molecular complexity index is 709. The van der Waals surface area contributed by atoms with Gasteiger partial charge in [-0.25, -0.2) is 0 Å². The number of rotatable bonds is 2. The van der Waals surface area contributed by atoms with E-state index >= 15 is 0 Å². The average molecular weight is 344 g/mol. The Labute approximate surface area is 147 Å². The van der Waals surface area contributed by atoms with E-state index < -0.39 is 5.97 Å². The van der Waals surface area contributed by atoms with Gasteiger partial charge < -0.3 is 14.7 Å². The molecule has 1 atom stereocenters. The van der Waals surface area contributed by atoms with Crippen molar-refractivity contribution < 1.29 is 19.4 Å². The third kappa shape index (κ3) is 2.88. The van der Waals surface area contributed by atoms with Crippen molar-refractivity contribution in [2.24, 2.45) is 5.41 Å². The number of nitrogens with zero attached hydrogens (tertiary/aromatic N) is 2. The second-order valence-electron chi connectivity index (χ2n) is 7.69. The number of carboxylic acid groups (broad SMARTS) is 1. The molecule has 4 rings (SSSR count). The van der Waals surface area contributed by atoms with E-state index in [1.807, 2.05) is 35.0 Å². The van der Waals surface area contributed by atoms with Gasteiger partial charge in [0.1, 0.15) is 11.8 Å². The van der Waals surface area contributed by atoms with Crippen molar-refractivity contribution in [1.29, 1.82) is 0 Å². The van der Waals surface area contributed by atoms with Crippen LogP contribution in [0.4, 0.5) is 0 Å². The summed E-state index contributed by atoms with van der Waals surface area (Å²) in [6.45, 7) is 2.90. The summed E-state index contributed by atoms with van der Waals surface area (Å²) >= 11 is 0. The molecule has 0 aromatic heterocycles. The first kappa shape index (κ1) is 16.4. The fourth-order valence-electron chi connectivity index (χ4n) is 4.59. The Morgan fingerprint density at radius 2 is 2.04 bits per heavy atom. The Morgan fingerprint density at radius 3 is 2.72 bits per heavy atom. The fourth-order valence-corrected chi connectivity index (χ4v) is 4.59. The van der Waals surface area contributed by atoms with Gasteiger partial charge >= 0.3 is 5.97 Å². The quantitative estimate of drug-likeness (QED) is 0.883. The number of ether oxygens (including phenoxy) is 1. The molecular formula is C19H24N2O4. The van der Waals surface area contributed by atoms with Crippen molar-refractivity contribution in [2.45, 2.75) is 31.7 Å². The number of carboxylic acids is 1. The second kappa shape index (κ2) is 6.02. The van der Waals surface area contributed by atoms with E-state index in [1.165, 1.54) is 0 Å². The molecule has 3 aliphatic heterocycles. The van der Waals surface area contributed by atoms with Crippen molar-refractivity contribution >= 4 is 11.9 Å². The zero-order valence-electron chi connectivity index (χ0n) is 14.5. The molecule has 0 bridgehead atoms. The number of amides is 1. The van der Waals surface area contributed by atoms with Gasteiger partial charge in [0.05, 0.1) is 6.61 Å². The SMILES string of the molecule is CN1CC2(CCN(C(=O)c3ccc4c(c3)CCO4)CC2)C[C@H]1C(=O)O. The van der Waals surface area contributed by atoms with Crippen LogP contribution in [0.3, 0.4) is 0 Å². The zero-order valence-corrected chi connectivity index (χ0v) is 14.5.